The number of aromatic amines is 1. The number of nitrogens with one attached hydrogen (secondary N) is 2. The predicted molar refractivity (Wildman–Crippen MR) is 66.5 cm³/mol. The van der Waals surface area contributed by atoms with E-state index >= 15 is 0 Å². The van der Waals surface area contributed by atoms with Gasteiger partial charge in [0.2, 0.25) is 5.95 Å². The van der Waals surface area contributed by atoms with Crippen molar-refractivity contribution >= 4 is 16.3 Å². The third-order valence-corrected chi connectivity index (χ3v) is 2.59. The summed E-state index contributed by atoms with van der Waals surface area (Å²) in [5, 5.41) is 24.3. The fourth-order valence-electron chi connectivity index (χ4n) is 0.958. The second kappa shape index (κ2) is 8.84. The summed E-state index contributed by atoms with van der Waals surface area (Å²) >= 11 is 0. The van der Waals surface area contributed by atoms with Gasteiger partial charge >= 0.3 is 10.3 Å². The molecule has 1 heterocycles. The van der Waals surface area contributed by atoms with Gasteiger partial charge in [-0.2, -0.15) is 23.9 Å². The Morgan fingerprint density at radius 3 is 2.45 bits per heavy atom. The Balaban J connectivity index is 0.00000172. The summed E-state index contributed by atoms with van der Waals surface area (Å²) in [4.78, 5) is 5.90. The Labute approximate surface area is 115 Å². The van der Waals surface area contributed by atoms with Gasteiger partial charge in [0, 0.05) is 14.2 Å². The Bertz CT molecular complexity index is 566. The lowest BCUT2D eigenvalue weighted by atomic mass is 10.4. The first-order chi connectivity index (χ1) is 9.52. The van der Waals surface area contributed by atoms with Crippen molar-refractivity contribution in [2.75, 3.05) is 32.2 Å². The van der Waals surface area contributed by atoms with E-state index in [1.54, 1.807) is 12.1 Å². The van der Waals surface area contributed by atoms with E-state index in [-0.39, 0.29) is 30.5 Å². The highest BCUT2D eigenvalue weighted by Crippen LogP contribution is 2.09. The molecule has 3 N–H and O–H groups in total. The Hall–Kier alpha value is -2.18. The predicted octanol–water partition coefficient (Wildman–Crippen LogP) is -0.919. The zero-order valence-electron chi connectivity index (χ0n) is 10.7. The molecule has 0 bridgehead atoms. The topological polar surface area (TPSA) is 161 Å². The van der Waals surface area contributed by atoms with E-state index in [9.17, 15) is 8.42 Å². The molecular weight excluding hydrogens is 290 g/mol. The molecule has 0 atom stereocenters. The van der Waals surface area contributed by atoms with Gasteiger partial charge in [-0.25, -0.2) is 4.72 Å². The van der Waals surface area contributed by atoms with Gasteiger partial charge in [0.1, 0.15) is 12.1 Å². The van der Waals surface area contributed by atoms with E-state index in [2.05, 4.69) is 18.9 Å². The number of hydrogen-bond acceptors (Lipinski definition) is 8. The number of imidazole rings is 1. The van der Waals surface area contributed by atoms with Crippen molar-refractivity contribution in [3.05, 3.63) is 11.4 Å². The Kier molecular flexibility index (Phi) is 7.88. The van der Waals surface area contributed by atoms with Crippen molar-refractivity contribution in [1.82, 2.24) is 9.97 Å². The van der Waals surface area contributed by atoms with Gasteiger partial charge in [0.25, 0.3) is 0 Å². The molecule has 0 aromatic carbocycles. The van der Waals surface area contributed by atoms with Crippen molar-refractivity contribution in [2.45, 2.75) is 0 Å². The van der Waals surface area contributed by atoms with Crippen LogP contribution >= 0.6 is 0 Å². The first-order valence-electron chi connectivity index (χ1n) is 5.03. The molecular formula is C9H13N5O5S. The summed E-state index contributed by atoms with van der Waals surface area (Å²) in [5.74, 6) is -0.263. The highest BCUT2D eigenvalue weighted by Gasteiger charge is 2.16. The van der Waals surface area contributed by atoms with E-state index < -0.39 is 10.3 Å². The molecule has 0 amide bonds. The minimum atomic E-state index is -4.07. The first kappa shape index (κ1) is 17.8. The summed E-state index contributed by atoms with van der Waals surface area (Å²) in [6.07, 6.45) is 0. The van der Waals surface area contributed by atoms with Crippen molar-refractivity contribution in [3.63, 3.8) is 0 Å². The average Bonchev–Trinajstić information content (AvgIpc) is 2.82. The molecule has 0 saturated carbocycles. The van der Waals surface area contributed by atoms with Crippen molar-refractivity contribution in [1.29, 1.82) is 10.5 Å². The number of H-pyrrole nitrogens is 1. The van der Waals surface area contributed by atoms with Crippen LogP contribution in [0.25, 0.3) is 0 Å². The molecule has 0 saturated heterocycles. The number of nitriles is 2. The van der Waals surface area contributed by atoms with Crippen molar-refractivity contribution in [2.24, 2.45) is 0 Å². The van der Waals surface area contributed by atoms with E-state index in [0.717, 1.165) is 7.11 Å². The van der Waals surface area contributed by atoms with Crippen molar-refractivity contribution < 1.29 is 22.4 Å². The molecule has 1 rings (SSSR count). The van der Waals surface area contributed by atoms with Gasteiger partial charge in [-0.1, -0.05) is 0 Å². The number of ether oxygens (including phenoxy) is 1. The third-order valence-electron chi connectivity index (χ3n) is 1.67. The zero-order chi connectivity index (χ0) is 15.6. The summed E-state index contributed by atoms with van der Waals surface area (Å²) in [6.45, 7) is -0.0608. The number of methoxy groups -OCH3 is 1. The number of aliphatic hydroxyl groups excluding tert-OH is 1. The van der Waals surface area contributed by atoms with Crippen LogP contribution in [0, 0.1) is 22.7 Å². The van der Waals surface area contributed by atoms with Crippen LogP contribution in [0.5, 0.6) is 0 Å². The van der Waals surface area contributed by atoms with Crippen LogP contribution in [0.3, 0.4) is 0 Å². The van der Waals surface area contributed by atoms with Crippen LogP contribution in [0.2, 0.25) is 0 Å². The number of anilines is 1. The molecule has 110 valence electrons. The average molecular weight is 303 g/mol. The fourth-order valence-corrected chi connectivity index (χ4v) is 1.64. The molecule has 10 nitrogen and oxygen atoms in total. The Morgan fingerprint density at radius 1 is 1.35 bits per heavy atom. The molecule has 0 aliphatic heterocycles. The van der Waals surface area contributed by atoms with Gasteiger partial charge in [0.15, 0.2) is 11.4 Å². The molecule has 0 aliphatic carbocycles. The normalized spacial score (nSPS) is 9.85. The molecule has 1 aromatic rings. The quantitative estimate of drug-likeness (QED) is 0.568. The van der Waals surface area contributed by atoms with Gasteiger partial charge in [-0.3, -0.25) is 4.18 Å². The number of aliphatic hydroxyl groups is 1. The molecule has 0 radical (unpaired) electrons. The monoisotopic (exact) mass is 303 g/mol. The van der Waals surface area contributed by atoms with E-state index in [1.165, 1.54) is 7.11 Å². The minimum absolute atomic E-state index is 0.103. The largest absolute Gasteiger partial charge is 0.400 e. The molecule has 1 aromatic heterocycles. The highest BCUT2D eigenvalue weighted by atomic mass is 32.2. The molecule has 0 unspecified atom stereocenters. The maximum Gasteiger partial charge on any atom is 0.362 e. The summed E-state index contributed by atoms with van der Waals surface area (Å²) in [7, 11) is -1.67. The SMILES string of the molecule is CO.COCCOS(=O)(=O)Nc1nc(C#N)c(C#N)[nH]1. The molecule has 11 heteroatoms. The molecule has 0 aliphatic rings. The van der Waals surface area contributed by atoms with Crippen LogP contribution < -0.4 is 4.72 Å². The van der Waals surface area contributed by atoms with E-state index in [4.69, 9.17) is 15.6 Å². The second-order valence-electron chi connectivity index (χ2n) is 2.90. The third kappa shape index (κ3) is 5.64. The van der Waals surface area contributed by atoms with Gasteiger partial charge in [0.05, 0.1) is 13.2 Å². The maximum atomic E-state index is 11.4. The first-order valence-corrected chi connectivity index (χ1v) is 6.44. The molecule has 0 spiro atoms. The summed E-state index contributed by atoms with van der Waals surface area (Å²) in [6, 6.07) is 3.31. The Morgan fingerprint density at radius 2 is 2.00 bits per heavy atom. The van der Waals surface area contributed by atoms with Crippen LogP contribution in [0.15, 0.2) is 0 Å². The van der Waals surface area contributed by atoms with Gasteiger partial charge in [-0.05, 0) is 0 Å². The number of rotatable bonds is 6. The zero-order valence-corrected chi connectivity index (χ0v) is 11.6. The lowest BCUT2D eigenvalue weighted by Crippen LogP contribution is -2.19. The molecule has 0 fully saturated rings. The molecule has 20 heavy (non-hydrogen) atoms. The van der Waals surface area contributed by atoms with Crippen LogP contribution in [-0.4, -0.2) is 50.9 Å². The summed E-state index contributed by atoms with van der Waals surface area (Å²) in [5.41, 5.74) is -0.334. The van der Waals surface area contributed by atoms with Crippen molar-refractivity contribution in [3.8, 4) is 12.1 Å². The maximum absolute atomic E-state index is 11.4. The smallest absolute Gasteiger partial charge is 0.362 e. The fraction of sp³-hybridized carbons (Fsp3) is 0.444. The number of hydrogen-bond donors (Lipinski definition) is 3. The number of aromatic nitrogens is 2. The van der Waals surface area contributed by atoms with Crippen LogP contribution in [-0.2, 0) is 19.2 Å². The van der Waals surface area contributed by atoms with Gasteiger partial charge in [-0.15, -0.1) is 0 Å². The minimum Gasteiger partial charge on any atom is -0.400 e. The van der Waals surface area contributed by atoms with E-state index in [0.29, 0.717) is 0 Å². The van der Waals surface area contributed by atoms with E-state index in [1.807, 2.05) is 4.72 Å². The standard InChI is InChI=1S/C8H9N5O4S.CH4O/c1-16-2-3-17-18(14,15)13-8-11-6(4-9)7(5-10)12-8;1-2/h2-3H2,1H3,(H2,11,12,13);2H,1H3. The lowest BCUT2D eigenvalue weighted by molar-refractivity contribution is 0.149. The number of nitrogens with zero attached hydrogens (tertiary/aromatic N) is 3. The second-order valence-corrected chi connectivity index (χ2v) is 4.25. The lowest BCUT2D eigenvalue weighted by Gasteiger charge is -2.04. The highest BCUT2D eigenvalue weighted by molar-refractivity contribution is 7.88. The van der Waals surface area contributed by atoms with Crippen LogP contribution in [0.1, 0.15) is 11.4 Å². The van der Waals surface area contributed by atoms with Gasteiger partial charge < -0.3 is 14.8 Å². The van der Waals surface area contributed by atoms with Crippen LogP contribution in [0.4, 0.5) is 5.95 Å². The summed E-state index contributed by atoms with van der Waals surface area (Å²) < 4.78 is 33.8.